The molecule has 0 aliphatic heterocycles. The maximum Gasteiger partial charge on any atom is 0.325 e. The molecule has 1 amide bonds. The third-order valence-electron chi connectivity index (χ3n) is 2.93. The van der Waals surface area contributed by atoms with Gasteiger partial charge in [0.15, 0.2) is 0 Å². The molecule has 0 unspecified atom stereocenters. The van der Waals surface area contributed by atoms with E-state index in [1.807, 2.05) is 32.8 Å². The molecule has 6 heteroatoms. The van der Waals surface area contributed by atoms with Gasteiger partial charge in [-0.25, -0.2) is 4.79 Å². The van der Waals surface area contributed by atoms with Gasteiger partial charge in [-0.1, -0.05) is 0 Å². The third kappa shape index (κ3) is 4.03. The first-order chi connectivity index (χ1) is 8.41. The summed E-state index contributed by atoms with van der Waals surface area (Å²) in [5.74, 6) is -0.0259. The Morgan fingerprint density at radius 1 is 1.39 bits per heavy atom. The van der Waals surface area contributed by atoms with E-state index in [-0.39, 0.29) is 11.6 Å². The van der Waals surface area contributed by atoms with Crippen molar-refractivity contribution >= 4 is 5.91 Å². The smallest absolute Gasteiger partial charge is 0.325 e. The fourth-order valence-corrected chi connectivity index (χ4v) is 1.66. The van der Waals surface area contributed by atoms with Crippen molar-refractivity contribution in [1.29, 1.82) is 0 Å². The number of rotatable bonds is 6. The second-order valence-electron chi connectivity index (χ2n) is 4.70. The van der Waals surface area contributed by atoms with Crippen molar-refractivity contribution in [2.45, 2.75) is 26.8 Å². The minimum absolute atomic E-state index is 0.0259. The summed E-state index contributed by atoms with van der Waals surface area (Å²) in [4.78, 5) is 27.8. The summed E-state index contributed by atoms with van der Waals surface area (Å²) in [5.41, 5.74) is 1.60. The van der Waals surface area contributed by atoms with Crippen LogP contribution in [-0.4, -0.2) is 47.5 Å². The van der Waals surface area contributed by atoms with Crippen molar-refractivity contribution in [1.82, 2.24) is 19.8 Å². The summed E-state index contributed by atoms with van der Waals surface area (Å²) in [6, 6.07) is 0. The standard InChI is InChI=1S/C12H22N4O2/c1-9-10(2)16(12(18)14-9)7-5-11(17)13-6-8-15(3)4/h5-8H2,1-4H3,(H,13,17)(H,14,18). The summed E-state index contributed by atoms with van der Waals surface area (Å²) in [5, 5.41) is 2.82. The van der Waals surface area contributed by atoms with Crippen LogP contribution in [0, 0.1) is 13.8 Å². The average molecular weight is 254 g/mol. The topological polar surface area (TPSA) is 70.1 Å². The molecule has 0 aromatic carbocycles. The summed E-state index contributed by atoms with van der Waals surface area (Å²) in [6.07, 6.45) is 0.325. The molecule has 1 aromatic heterocycles. The van der Waals surface area contributed by atoms with Crippen molar-refractivity contribution in [2.24, 2.45) is 0 Å². The largest absolute Gasteiger partial charge is 0.355 e. The number of carbonyl (C=O) groups is 1. The van der Waals surface area contributed by atoms with Crippen LogP contribution in [0.5, 0.6) is 0 Å². The molecule has 0 aliphatic rings. The monoisotopic (exact) mass is 254 g/mol. The van der Waals surface area contributed by atoms with Gasteiger partial charge in [-0.15, -0.1) is 0 Å². The number of nitrogens with one attached hydrogen (secondary N) is 2. The third-order valence-corrected chi connectivity index (χ3v) is 2.93. The Morgan fingerprint density at radius 3 is 2.56 bits per heavy atom. The van der Waals surface area contributed by atoms with E-state index in [0.717, 1.165) is 17.9 Å². The SMILES string of the molecule is Cc1[nH]c(=O)n(CCC(=O)NCCN(C)C)c1C. The first-order valence-corrected chi connectivity index (χ1v) is 6.09. The van der Waals surface area contributed by atoms with Crippen LogP contribution in [0.25, 0.3) is 0 Å². The van der Waals surface area contributed by atoms with E-state index in [1.165, 1.54) is 0 Å². The minimum Gasteiger partial charge on any atom is -0.355 e. The fourth-order valence-electron chi connectivity index (χ4n) is 1.66. The second-order valence-corrected chi connectivity index (χ2v) is 4.70. The zero-order chi connectivity index (χ0) is 13.7. The number of aryl methyl sites for hydroxylation is 1. The Hall–Kier alpha value is -1.56. The number of likely N-dealkylation sites (N-methyl/N-ethyl adjacent to an activating group) is 1. The van der Waals surface area contributed by atoms with E-state index in [2.05, 4.69) is 10.3 Å². The predicted octanol–water partition coefficient (Wildman–Crippen LogP) is -0.139. The van der Waals surface area contributed by atoms with Gasteiger partial charge in [0, 0.05) is 37.4 Å². The van der Waals surface area contributed by atoms with Crippen LogP contribution in [0.2, 0.25) is 0 Å². The first-order valence-electron chi connectivity index (χ1n) is 6.09. The van der Waals surface area contributed by atoms with Gasteiger partial charge in [0.1, 0.15) is 0 Å². The van der Waals surface area contributed by atoms with Crippen molar-refractivity contribution in [3.05, 3.63) is 21.9 Å². The quantitative estimate of drug-likeness (QED) is 0.742. The molecule has 0 fully saturated rings. The lowest BCUT2D eigenvalue weighted by molar-refractivity contribution is -0.121. The van der Waals surface area contributed by atoms with Crippen LogP contribution in [-0.2, 0) is 11.3 Å². The molecule has 102 valence electrons. The van der Waals surface area contributed by atoms with Gasteiger partial charge < -0.3 is 15.2 Å². The van der Waals surface area contributed by atoms with E-state index in [1.54, 1.807) is 4.57 Å². The van der Waals surface area contributed by atoms with Gasteiger partial charge in [0.25, 0.3) is 0 Å². The van der Waals surface area contributed by atoms with Gasteiger partial charge in [0.05, 0.1) is 0 Å². The Balaban J connectivity index is 2.41. The Morgan fingerprint density at radius 2 is 2.06 bits per heavy atom. The maximum absolute atomic E-state index is 11.6. The van der Waals surface area contributed by atoms with E-state index in [9.17, 15) is 9.59 Å². The van der Waals surface area contributed by atoms with Crippen molar-refractivity contribution in [2.75, 3.05) is 27.2 Å². The van der Waals surface area contributed by atoms with E-state index >= 15 is 0 Å². The van der Waals surface area contributed by atoms with Crippen molar-refractivity contribution in [3.63, 3.8) is 0 Å². The second kappa shape index (κ2) is 6.39. The molecule has 0 radical (unpaired) electrons. The Labute approximate surface area is 107 Å². The normalized spacial score (nSPS) is 10.9. The zero-order valence-electron chi connectivity index (χ0n) is 11.5. The highest BCUT2D eigenvalue weighted by Crippen LogP contribution is 2.00. The van der Waals surface area contributed by atoms with Gasteiger partial charge in [-0.05, 0) is 27.9 Å². The molecule has 0 spiro atoms. The van der Waals surface area contributed by atoms with E-state index in [0.29, 0.717) is 19.5 Å². The molecule has 0 atom stereocenters. The fraction of sp³-hybridized carbons (Fsp3) is 0.667. The lowest BCUT2D eigenvalue weighted by Gasteiger charge is -2.10. The minimum atomic E-state index is -0.147. The highest BCUT2D eigenvalue weighted by Gasteiger charge is 2.08. The summed E-state index contributed by atoms with van der Waals surface area (Å²) >= 11 is 0. The molecule has 1 rings (SSSR count). The van der Waals surface area contributed by atoms with Crippen LogP contribution < -0.4 is 11.0 Å². The van der Waals surface area contributed by atoms with Crippen molar-refractivity contribution < 1.29 is 4.79 Å². The highest BCUT2D eigenvalue weighted by molar-refractivity contribution is 5.75. The highest BCUT2D eigenvalue weighted by atomic mass is 16.2. The summed E-state index contributed by atoms with van der Waals surface area (Å²) in [6.45, 7) is 5.59. The zero-order valence-corrected chi connectivity index (χ0v) is 11.5. The molecule has 18 heavy (non-hydrogen) atoms. The molecular weight excluding hydrogens is 232 g/mol. The lowest BCUT2D eigenvalue weighted by Crippen LogP contribution is -2.32. The summed E-state index contributed by atoms with van der Waals surface area (Å²) in [7, 11) is 3.91. The molecule has 0 saturated heterocycles. The van der Waals surface area contributed by atoms with Crippen LogP contribution >= 0.6 is 0 Å². The molecule has 2 N–H and O–H groups in total. The van der Waals surface area contributed by atoms with Crippen LogP contribution in [0.1, 0.15) is 17.8 Å². The predicted molar refractivity (Wildman–Crippen MR) is 70.7 cm³/mol. The molecule has 1 heterocycles. The number of amides is 1. The molecule has 0 aliphatic carbocycles. The molecule has 0 bridgehead atoms. The average Bonchev–Trinajstić information content (AvgIpc) is 2.50. The Bertz CT molecular complexity index is 459. The number of aromatic amines is 1. The number of aromatic nitrogens is 2. The molecule has 1 aromatic rings. The van der Waals surface area contributed by atoms with E-state index in [4.69, 9.17) is 0 Å². The number of carbonyl (C=O) groups excluding carboxylic acids is 1. The number of hydrogen-bond donors (Lipinski definition) is 2. The number of H-pyrrole nitrogens is 1. The molecule has 6 nitrogen and oxygen atoms in total. The lowest BCUT2D eigenvalue weighted by atomic mass is 10.3. The van der Waals surface area contributed by atoms with Crippen molar-refractivity contribution in [3.8, 4) is 0 Å². The van der Waals surface area contributed by atoms with Crippen LogP contribution in [0.3, 0.4) is 0 Å². The van der Waals surface area contributed by atoms with Crippen LogP contribution in [0.4, 0.5) is 0 Å². The first kappa shape index (κ1) is 14.5. The molecule has 0 saturated carbocycles. The summed E-state index contributed by atoms with van der Waals surface area (Å²) < 4.78 is 1.60. The maximum atomic E-state index is 11.6. The molecular formula is C12H22N4O2. The van der Waals surface area contributed by atoms with Gasteiger partial charge in [-0.2, -0.15) is 0 Å². The Kier molecular flexibility index (Phi) is 5.15. The van der Waals surface area contributed by atoms with Crippen LogP contribution in [0.15, 0.2) is 4.79 Å². The number of hydrogen-bond acceptors (Lipinski definition) is 3. The van der Waals surface area contributed by atoms with Gasteiger partial charge in [-0.3, -0.25) is 9.36 Å². The van der Waals surface area contributed by atoms with E-state index < -0.39 is 0 Å². The van der Waals surface area contributed by atoms with Gasteiger partial charge >= 0.3 is 5.69 Å². The number of nitrogens with zero attached hydrogens (tertiary/aromatic N) is 2. The van der Waals surface area contributed by atoms with Gasteiger partial charge in [0.2, 0.25) is 5.91 Å². The number of imidazole rings is 1.